The number of aromatic nitrogens is 2. The summed E-state index contributed by atoms with van der Waals surface area (Å²) in [6, 6.07) is 16.6. The zero-order valence-corrected chi connectivity index (χ0v) is 15.3. The van der Waals surface area contributed by atoms with Crippen LogP contribution in [-0.2, 0) is 6.42 Å². The van der Waals surface area contributed by atoms with Crippen LogP contribution in [0.3, 0.4) is 0 Å². The van der Waals surface area contributed by atoms with Gasteiger partial charge in [0.2, 0.25) is 5.95 Å². The van der Waals surface area contributed by atoms with E-state index in [4.69, 9.17) is 23.2 Å². The van der Waals surface area contributed by atoms with Crippen LogP contribution in [0.1, 0.15) is 16.1 Å². The summed E-state index contributed by atoms with van der Waals surface area (Å²) in [6.45, 7) is 0.530. The van der Waals surface area contributed by atoms with E-state index in [1.165, 1.54) is 6.20 Å². The maximum Gasteiger partial charge on any atom is 0.270 e. The molecule has 1 heterocycles. The van der Waals surface area contributed by atoms with Gasteiger partial charge in [0.1, 0.15) is 5.69 Å². The maximum absolute atomic E-state index is 12.3. The van der Waals surface area contributed by atoms with Gasteiger partial charge < -0.3 is 10.6 Å². The van der Waals surface area contributed by atoms with Gasteiger partial charge in [-0.05, 0) is 36.2 Å². The molecule has 26 heavy (non-hydrogen) atoms. The Kier molecular flexibility index (Phi) is 6.04. The molecule has 1 amide bonds. The lowest BCUT2D eigenvalue weighted by molar-refractivity contribution is 0.0949. The number of anilines is 2. The molecule has 0 aliphatic heterocycles. The number of carbonyl (C=O) groups excluding carboxylic acids is 1. The van der Waals surface area contributed by atoms with Crippen molar-refractivity contribution in [2.45, 2.75) is 6.42 Å². The van der Waals surface area contributed by atoms with Crippen LogP contribution in [0.5, 0.6) is 0 Å². The molecule has 132 valence electrons. The molecule has 0 bridgehead atoms. The van der Waals surface area contributed by atoms with E-state index in [9.17, 15) is 4.79 Å². The Morgan fingerprint density at radius 2 is 1.81 bits per heavy atom. The number of nitrogens with zero attached hydrogens (tertiary/aromatic N) is 2. The summed E-state index contributed by atoms with van der Waals surface area (Å²) in [5, 5.41) is 6.75. The fraction of sp³-hybridized carbons (Fsp3) is 0.105. The number of hydrogen-bond donors (Lipinski definition) is 2. The van der Waals surface area contributed by atoms with Crippen LogP contribution < -0.4 is 10.6 Å². The highest BCUT2D eigenvalue weighted by molar-refractivity contribution is 6.42. The van der Waals surface area contributed by atoms with Crippen molar-refractivity contribution >= 4 is 40.7 Å². The molecule has 5 nitrogen and oxygen atoms in total. The van der Waals surface area contributed by atoms with Gasteiger partial charge in [-0.25, -0.2) is 9.97 Å². The summed E-state index contributed by atoms with van der Waals surface area (Å²) in [4.78, 5) is 20.6. The predicted octanol–water partition coefficient (Wildman–Crippen LogP) is 4.50. The molecule has 0 aliphatic rings. The number of benzene rings is 2. The van der Waals surface area contributed by atoms with Gasteiger partial charge >= 0.3 is 0 Å². The fourth-order valence-corrected chi connectivity index (χ4v) is 2.60. The summed E-state index contributed by atoms with van der Waals surface area (Å²) in [5.74, 6) is 0.0552. The largest absolute Gasteiger partial charge is 0.350 e. The van der Waals surface area contributed by atoms with Crippen molar-refractivity contribution in [3.8, 4) is 0 Å². The zero-order valence-electron chi connectivity index (χ0n) is 13.7. The lowest BCUT2D eigenvalue weighted by Crippen LogP contribution is -2.26. The molecule has 0 fully saturated rings. The summed E-state index contributed by atoms with van der Waals surface area (Å²) in [6.07, 6.45) is 2.28. The summed E-state index contributed by atoms with van der Waals surface area (Å²) in [5.41, 5.74) is 2.13. The first-order valence-corrected chi connectivity index (χ1v) is 8.74. The lowest BCUT2D eigenvalue weighted by atomic mass is 10.1. The molecule has 0 aliphatic carbocycles. The fourth-order valence-electron chi connectivity index (χ4n) is 2.30. The van der Waals surface area contributed by atoms with Crippen LogP contribution in [-0.4, -0.2) is 22.4 Å². The van der Waals surface area contributed by atoms with E-state index in [0.717, 1.165) is 12.0 Å². The van der Waals surface area contributed by atoms with Crippen molar-refractivity contribution in [2.24, 2.45) is 0 Å². The highest BCUT2D eigenvalue weighted by Gasteiger charge is 2.09. The van der Waals surface area contributed by atoms with Gasteiger partial charge in [-0.15, -0.1) is 0 Å². The number of amides is 1. The minimum absolute atomic E-state index is 0.250. The third-order valence-corrected chi connectivity index (χ3v) is 4.35. The van der Waals surface area contributed by atoms with Gasteiger partial charge in [0.05, 0.1) is 10.0 Å². The van der Waals surface area contributed by atoms with Crippen molar-refractivity contribution in [2.75, 3.05) is 11.9 Å². The number of hydrogen-bond acceptors (Lipinski definition) is 4. The number of carbonyl (C=O) groups is 1. The Hall–Kier alpha value is -2.63. The molecule has 0 unspecified atom stereocenters. The summed E-state index contributed by atoms with van der Waals surface area (Å²) >= 11 is 11.9. The average molecular weight is 387 g/mol. The number of halogens is 2. The molecule has 3 rings (SSSR count). The predicted molar refractivity (Wildman–Crippen MR) is 104 cm³/mol. The maximum atomic E-state index is 12.3. The van der Waals surface area contributed by atoms with Crippen LogP contribution in [0.25, 0.3) is 0 Å². The quantitative estimate of drug-likeness (QED) is 0.654. The SMILES string of the molecule is O=C(NCCc1ccccc1)c1ccnc(Nc2ccc(Cl)c(Cl)c2)n1. The normalized spacial score (nSPS) is 10.4. The molecule has 0 radical (unpaired) electrons. The monoisotopic (exact) mass is 386 g/mol. The number of rotatable bonds is 6. The Labute approximate surface area is 161 Å². The molecule has 0 saturated heterocycles. The van der Waals surface area contributed by atoms with E-state index < -0.39 is 0 Å². The van der Waals surface area contributed by atoms with Crippen LogP contribution in [0, 0.1) is 0 Å². The van der Waals surface area contributed by atoms with Crippen LogP contribution in [0.2, 0.25) is 10.0 Å². The smallest absolute Gasteiger partial charge is 0.270 e. The van der Waals surface area contributed by atoms with Gasteiger partial charge in [-0.1, -0.05) is 53.5 Å². The molecule has 0 spiro atoms. The van der Waals surface area contributed by atoms with Crippen LogP contribution in [0.4, 0.5) is 11.6 Å². The molecular formula is C19H16Cl2N4O. The van der Waals surface area contributed by atoms with Crippen molar-refractivity contribution in [3.63, 3.8) is 0 Å². The van der Waals surface area contributed by atoms with E-state index in [-0.39, 0.29) is 11.6 Å². The molecule has 3 aromatic rings. The molecule has 1 aromatic heterocycles. The van der Waals surface area contributed by atoms with Crippen molar-refractivity contribution in [3.05, 3.63) is 82.1 Å². The van der Waals surface area contributed by atoms with Crippen molar-refractivity contribution < 1.29 is 4.79 Å². The number of nitrogens with one attached hydrogen (secondary N) is 2. The standard InChI is InChI=1S/C19H16Cl2N4O/c20-15-7-6-14(12-16(15)21)24-19-23-11-9-17(25-19)18(26)22-10-8-13-4-2-1-3-5-13/h1-7,9,11-12H,8,10H2,(H,22,26)(H,23,24,25). The van der Waals surface area contributed by atoms with E-state index >= 15 is 0 Å². The third-order valence-electron chi connectivity index (χ3n) is 3.61. The Balaban J connectivity index is 1.60. The van der Waals surface area contributed by atoms with Crippen LogP contribution >= 0.6 is 23.2 Å². The first-order chi connectivity index (χ1) is 12.6. The molecule has 2 aromatic carbocycles. The Bertz CT molecular complexity index is 903. The second kappa shape index (κ2) is 8.65. The Morgan fingerprint density at radius 1 is 1.00 bits per heavy atom. The zero-order chi connectivity index (χ0) is 18.4. The van der Waals surface area contributed by atoms with Gasteiger partial charge in [-0.2, -0.15) is 0 Å². The first-order valence-electron chi connectivity index (χ1n) is 7.99. The molecular weight excluding hydrogens is 371 g/mol. The van der Waals surface area contributed by atoms with Gasteiger partial charge in [0.15, 0.2) is 0 Å². The van der Waals surface area contributed by atoms with Crippen LogP contribution in [0.15, 0.2) is 60.8 Å². The second-order valence-electron chi connectivity index (χ2n) is 5.51. The summed E-state index contributed by atoms with van der Waals surface area (Å²) < 4.78 is 0. The minimum Gasteiger partial charge on any atom is -0.350 e. The van der Waals surface area contributed by atoms with E-state index in [0.29, 0.717) is 28.2 Å². The van der Waals surface area contributed by atoms with Gasteiger partial charge in [0.25, 0.3) is 5.91 Å². The van der Waals surface area contributed by atoms with E-state index in [2.05, 4.69) is 20.6 Å². The topological polar surface area (TPSA) is 66.9 Å². The first kappa shape index (κ1) is 18.2. The van der Waals surface area contributed by atoms with Crippen molar-refractivity contribution in [1.82, 2.24) is 15.3 Å². The Morgan fingerprint density at radius 3 is 2.58 bits per heavy atom. The average Bonchev–Trinajstić information content (AvgIpc) is 2.66. The highest BCUT2D eigenvalue weighted by atomic mass is 35.5. The van der Waals surface area contributed by atoms with Crippen molar-refractivity contribution in [1.29, 1.82) is 0 Å². The third kappa shape index (κ3) is 4.94. The van der Waals surface area contributed by atoms with Gasteiger partial charge in [-0.3, -0.25) is 4.79 Å². The van der Waals surface area contributed by atoms with Gasteiger partial charge in [0, 0.05) is 18.4 Å². The minimum atomic E-state index is -0.250. The van der Waals surface area contributed by atoms with E-state index in [1.54, 1.807) is 24.3 Å². The molecule has 7 heteroatoms. The second-order valence-corrected chi connectivity index (χ2v) is 6.33. The summed E-state index contributed by atoms with van der Waals surface area (Å²) in [7, 11) is 0. The molecule has 0 saturated carbocycles. The highest BCUT2D eigenvalue weighted by Crippen LogP contribution is 2.26. The molecule has 2 N–H and O–H groups in total. The molecule has 0 atom stereocenters. The van der Waals surface area contributed by atoms with E-state index in [1.807, 2.05) is 30.3 Å². The lowest BCUT2D eigenvalue weighted by Gasteiger charge is -2.08.